The lowest BCUT2D eigenvalue weighted by molar-refractivity contribution is -0.0145. The summed E-state index contributed by atoms with van der Waals surface area (Å²) in [7, 11) is 1.51. The fourth-order valence-corrected chi connectivity index (χ4v) is 4.70. The van der Waals surface area contributed by atoms with E-state index >= 15 is 0 Å². The fourth-order valence-electron chi connectivity index (χ4n) is 4.70. The van der Waals surface area contributed by atoms with E-state index < -0.39 is 24.1 Å². The Balaban J connectivity index is 1.55. The van der Waals surface area contributed by atoms with E-state index in [1.54, 1.807) is 36.4 Å². The number of piperidine rings is 1. The van der Waals surface area contributed by atoms with Crippen molar-refractivity contribution in [3.8, 4) is 11.5 Å². The number of aliphatic hydroxyl groups excluding tert-OH is 2. The molecular weight excluding hydrogens is 415 g/mol. The number of carbonyl (C=O) groups excluding carboxylic acids is 1. The molecule has 0 unspecified atom stereocenters. The third-order valence-electron chi connectivity index (χ3n) is 6.30. The van der Waals surface area contributed by atoms with Crippen LogP contribution in [-0.4, -0.2) is 71.6 Å². The second-order valence-electron chi connectivity index (χ2n) is 8.38. The van der Waals surface area contributed by atoms with Gasteiger partial charge in [-0.05, 0) is 37.1 Å². The second kappa shape index (κ2) is 9.85. The molecule has 0 aromatic heterocycles. The van der Waals surface area contributed by atoms with Crippen LogP contribution in [-0.2, 0) is 0 Å². The monoisotopic (exact) mass is 444 g/mol. The van der Waals surface area contributed by atoms with Gasteiger partial charge < -0.3 is 25.0 Å². The number of para-hydroxylation sites is 1. The highest BCUT2D eigenvalue weighted by Crippen LogP contribution is 2.32. The topological polar surface area (TPSA) is 91.3 Å². The van der Waals surface area contributed by atoms with E-state index in [9.17, 15) is 19.4 Å². The predicted molar refractivity (Wildman–Crippen MR) is 116 cm³/mol. The molecule has 1 saturated heterocycles. The highest BCUT2D eigenvalue weighted by molar-refractivity contribution is 5.97. The number of nitrogens with one attached hydrogen (secondary N) is 1. The van der Waals surface area contributed by atoms with Gasteiger partial charge in [0.25, 0.3) is 5.91 Å². The number of aliphatic hydroxyl groups is 2. The quantitative estimate of drug-likeness (QED) is 0.631. The number of ether oxygens (including phenoxy) is 2. The lowest BCUT2D eigenvalue weighted by Gasteiger charge is -2.38. The van der Waals surface area contributed by atoms with E-state index in [-0.39, 0.29) is 18.1 Å². The van der Waals surface area contributed by atoms with E-state index in [0.717, 1.165) is 0 Å². The lowest BCUT2D eigenvalue weighted by atomic mass is 10.0. The molecule has 2 aromatic rings. The minimum Gasteiger partial charge on any atom is -0.496 e. The van der Waals surface area contributed by atoms with E-state index in [1.807, 2.05) is 0 Å². The molecule has 4 rings (SSSR count). The molecule has 1 saturated carbocycles. The molecule has 3 N–H and O–H groups in total. The fraction of sp³-hybridized carbons (Fsp3) is 0.458. The zero-order chi connectivity index (χ0) is 22.7. The number of likely N-dealkylation sites (tertiary alicyclic amines) is 1. The molecule has 0 spiro atoms. The van der Waals surface area contributed by atoms with Gasteiger partial charge in [0.2, 0.25) is 0 Å². The summed E-state index contributed by atoms with van der Waals surface area (Å²) >= 11 is 0. The van der Waals surface area contributed by atoms with Crippen LogP contribution in [0.15, 0.2) is 48.5 Å². The molecular formula is C24H29FN2O5. The van der Waals surface area contributed by atoms with Gasteiger partial charge in [-0.3, -0.25) is 9.69 Å². The molecule has 1 aliphatic carbocycles. The number of nitrogens with zero attached hydrogens (tertiary/aromatic N) is 1. The summed E-state index contributed by atoms with van der Waals surface area (Å²) in [5.74, 6) is 0.0815. The van der Waals surface area contributed by atoms with Crippen molar-refractivity contribution in [2.24, 2.45) is 0 Å². The molecule has 8 heteroatoms. The molecule has 1 amide bonds. The Morgan fingerprint density at radius 1 is 1.12 bits per heavy atom. The summed E-state index contributed by atoms with van der Waals surface area (Å²) in [6.45, 7) is 1.22. The normalized spacial score (nSPS) is 26.6. The van der Waals surface area contributed by atoms with E-state index in [4.69, 9.17) is 9.47 Å². The van der Waals surface area contributed by atoms with Gasteiger partial charge in [0, 0.05) is 25.6 Å². The molecule has 0 radical (unpaired) electrons. The van der Waals surface area contributed by atoms with Crippen molar-refractivity contribution < 1.29 is 28.9 Å². The Bertz CT molecular complexity index is 934. The van der Waals surface area contributed by atoms with Gasteiger partial charge in [-0.1, -0.05) is 18.2 Å². The summed E-state index contributed by atoms with van der Waals surface area (Å²) in [4.78, 5) is 15.2. The van der Waals surface area contributed by atoms with Gasteiger partial charge in [-0.25, -0.2) is 4.39 Å². The molecule has 172 valence electrons. The first kappa shape index (κ1) is 22.5. The Labute approximate surface area is 186 Å². The van der Waals surface area contributed by atoms with Crippen LogP contribution in [0, 0.1) is 5.82 Å². The van der Waals surface area contributed by atoms with Crippen molar-refractivity contribution >= 4 is 5.91 Å². The van der Waals surface area contributed by atoms with Crippen LogP contribution in [0.1, 0.15) is 29.6 Å². The molecule has 2 aromatic carbocycles. The van der Waals surface area contributed by atoms with Crippen LogP contribution in [0.5, 0.6) is 11.5 Å². The number of carbonyl (C=O) groups is 1. The van der Waals surface area contributed by atoms with Crippen LogP contribution in [0.3, 0.4) is 0 Å². The number of benzene rings is 2. The Morgan fingerprint density at radius 3 is 2.59 bits per heavy atom. The first-order chi connectivity index (χ1) is 15.5. The number of hydrogen-bond donors (Lipinski definition) is 3. The van der Waals surface area contributed by atoms with Crippen LogP contribution in [0.25, 0.3) is 0 Å². The number of amides is 1. The van der Waals surface area contributed by atoms with E-state index in [1.165, 1.54) is 19.2 Å². The highest BCUT2D eigenvalue weighted by atomic mass is 19.1. The average molecular weight is 445 g/mol. The minimum atomic E-state index is -0.892. The van der Waals surface area contributed by atoms with Gasteiger partial charge in [0.1, 0.15) is 29.5 Å². The van der Waals surface area contributed by atoms with Gasteiger partial charge in [-0.2, -0.15) is 0 Å². The van der Waals surface area contributed by atoms with Crippen molar-refractivity contribution in [1.82, 2.24) is 10.2 Å². The number of hydrogen-bond acceptors (Lipinski definition) is 6. The molecule has 1 heterocycles. The number of rotatable bonds is 6. The van der Waals surface area contributed by atoms with Gasteiger partial charge in [0.15, 0.2) is 0 Å². The van der Waals surface area contributed by atoms with Crippen molar-refractivity contribution in [2.45, 2.75) is 49.7 Å². The molecule has 0 bridgehead atoms. The maximum Gasteiger partial charge on any atom is 0.255 e. The summed E-state index contributed by atoms with van der Waals surface area (Å²) in [5, 5.41) is 24.1. The molecule has 32 heavy (non-hydrogen) atoms. The van der Waals surface area contributed by atoms with Crippen molar-refractivity contribution in [3.05, 3.63) is 59.9 Å². The molecule has 2 aliphatic rings. The zero-order valence-corrected chi connectivity index (χ0v) is 18.0. The maximum absolute atomic E-state index is 13.6. The van der Waals surface area contributed by atoms with Gasteiger partial charge in [0.05, 0.1) is 30.9 Å². The predicted octanol–water partition coefficient (Wildman–Crippen LogP) is 1.97. The third kappa shape index (κ3) is 4.87. The van der Waals surface area contributed by atoms with Crippen molar-refractivity contribution in [1.29, 1.82) is 0 Å². The smallest absolute Gasteiger partial charge is 0.255 e. The molecule has 2 fully saturated rings. The summed E-state index contributed by atoms with van der Waals surface area (Å²) in [6.07, 6.45) is -0.293. The highest BCUT2D eigenvalue weighted by Gasteiger charge is 2.48. The van der Waals surface area contributed by atoms with Crippen LogP contribution in [0.4, 0.5) is 4.39 Å². The summed E-state index contributed by atoms with van der Waals surface area (Å²) in [5.41, 5.74) is 0.409. The third-order valence-corrected chi connectivity index (χ3v) is 6.30. The second-order valence-corrected chi connectivity index (χ2v) is 8.38. The number of halogens is 1. The standard InChI is InChI=1S/C24H29FN2O5/c1-31-20-8-3-2-7-18(20)24(30)26-19-14-21(32-17-6-4-5-15(25)13-17)23(29)22(19)27-11-9-16(28)10-12-27/h2-8,13,16,19,21-23,28-29H,9-12,14H2,1H3,(H,26,30)/t19-,21-,22+,23+/m1/s1. The van der Waals surface area contributed by atoms with Crippen LogP contribution in [0.2, 0.25) is 0 Å². The SMILES string of the molecule is COc1ccccc1C(=O)N[C@@H]1C[C@@H](Oc2cccc(F)c2)[C@H](O)[C@H]1N1CCC(O)CC1. The summed E-state index contributed by atoms with van der Waals surface area (Å²) in [6, 6.07) is 12.0. The summed E-state index contributed by atoms with van der Waals surface area (Å²) < 4.78 is 24.8. The molecule has 1 aliphatic heterocycles. The Morgan fingerprint density at radius 2 is 1.88 bits per heavy atom. The van der Waals surface area contributed by atoms with Gasteiger partial charge in [-0.15, -0.1) is 0 Å². The van der Waals surface area contributed by atoms with Crippen molar-refractivity contribution in [3.63, 3.8) is 0 Å². The van der Waals surface area contributed by atoms with Crippen molar-refractivity contribution in [2.75, 3.05) is 20.2 Å². The van der Waals surface area contributed by atoms with Gasteiger partial charge >= 0.3 is 0 Å². The zero-order valence-electron chi connectivity index (χ0n) is 18.0. The van der Waals surface area contributed by atoms with E-state index in [0.29, 0.717) is 49.4 Å². The average Bonchev–Trinajstić information content (AvgIpc) is 3.08. The van der Waals surface area contributed by atoms with Crippen LogP contribution >= 0.6 is 0 Å². The largest absolute Gasteiger partial charge is 0.496 e. The number of methoxy groups -OCH3 is 1. The Hall–Kier alpha value is -2.68. The Kier molecular flexibility index (Phi) is 6.93. The maximum atomic E-state index is 13.6. The molecule has 7 nitrogen and oxygen atoms in total. The lowest BCUT2D eigenvalue weighted by Crippen LogP contribution is -2.55. The first-order valence-corrected chi connectivity index (χ1v) is 10.9. The minimum absolute atomic E-state index is 0.298. The molecule has 4 atom stereocenters. The van der Waals surface area contributed by atoms with E-state index in [2.05, 4.69) is 10.2 Å². The first-order valence-electron chi connectivity index (χ1n) is 10.9. The van der Waals surface area contributed by atoms with Crippen LogP contribution < -0.4 is 14.8 Å².